The highest BCUT2D eigenvalue weighted by Gasteiger charge is 2.49. The molecule has 2 nitrogen and oxygen atoms in total. The number of rotatable bonds is 2. The van der Waals surface area contributed by atoms with Crippen LogP contribution in [0.5, 0.6) is 0 Å². The van der Waals surface area contributed by atoms with Crippen LogP contribution >= 0.6 is 11.3 Å². The number of cyclic esters (lactones) is 1. The molecule has 0 aliphatic carbocycles. The lowest BCUT2D eigenvalue weighted by Crippen LogP contribution is -2.28. The van der Waals surface area contributed by atoms with Crippen LogP contribution < -0.4 is 0 Å². The number of carbonyl (C=O) groups is 1. The van der Waals surface area contributed by atoms with E-state index in [0.29, 0.717) is 5.56 Å². The molecule has 0 saturated heterocycles. The summed E-state index contributed by atoms with van der Waals surface area (Å²) in [6, 6.07) is 21.7. The Balaban J connectivity index is 2.05. The van der Waals surface area contributed by atoms with Crippen molar-refractivity contribution < 1.29 is 9.53 Å². The highest BCUT2D eigenvalue weighted by Crippen LogP contribution is 2.49. The Morgan fingerprint density at radius 3 is 1.95 bits per heavy atom. The summed E-state index contributed by atoms with van der Waals surface area (Å²) in [6.45, 7) is 0. The number of fused-ring (bicyclic) bond motifs is 1. The Hall–Kier alpha value is -2.39. The van der Waals surface area contributed by atoms with Crippen LogP contribution in [0.1, 0.15) is 26.4 Å². The van der Waals surface area contributed by atoms with Crippen LogP contribution in [0, 0.1) is 0 Å². The molecule has 21 heavy (non-hydrogen) atoms. The van der Waals surface area contributed by atoms with Crippen molar-refractivity contribution in [2.45, 2.75) is 5.60 Å². The molecular formula is C18H12O2S. The number of esters is 1. The summed E-state index contributed by atoms with van der Waals surface area (Å²) in [5, 5.41) is 1.95. The third-order valence-corrected chi connectivity index (χ3v) is 4.83. The SMILES string of the molecule is O=C1OC(c2ccccc2)(c2ccccc2)c2sccc21. The largest absolute Gasteiger partial charge is 0.440 e. The van der Waals surface area contributed by atoms with Crippen LogP contribution in [0.3, 0.4) is 0 Å². The Labute approximate surface area is 126 Å². The Morgan fingerprint density at radius 1 is 0.810 bits per heavy atom. The summed E-state index contributed by atoms with van der Waals surface area (Å²) in [5.74, 6) is -0.251. The molecule has 1 aromatic heterocycles. The topological polar surface area (TPSA) is 26.3 Å². The lowest BCUT2D eigenvalue weighted by molar-refractivity contribution is 0.0257. The number of thiophene rings is 1. The zero-order chi connectivity index (χ0) is 14.3. The van der Waals surface area contributed by atoms with Gasteiger partial charge in [0.1, 0.15) is 0 Å². The molecule has 0 N–H and O–H groups in total. The highest BCUT2D eigenvalue weighted by molar-refractivity contribution is 7.10. The van der Waals surface area contributed by atoms with E-state index in [1.807, 2.05) is 72.1 Å². The van der Waals surface area contributed by atoms with Crippen molar-refractivity contribution in [3.8, 4) is 0 Å². The second kappa shape index (κ2) is 4.57. The number of hydrogen-bond acceptors (Lipinski definition) is 3. The molecule has 4 rings (SSSR count). The van der Waals surface area contributed by atoms with Gasteiger partial charge in [-0.3, -0.25) is 0 Å². The summed E-state index contributed by atoms with van der Waals surface area (Å²) < 4.78 is 5.90. The van der Waals surface area contributed by atoms with Gasteiger partial charge in [0.05, 0.1) is 10.4 Å². The van der Waals surface area contributed by atoms with Gasteiger partial charge in [-0.1, -0.05) is 60.7 Å². The first-order valence-corrected chi connectivity index (χ1v) is 7.63. The molecule has 2 aromatic carbocycles. The monoisotopic (exact) mass is 292 g/mol. The van der Waals surface area contributed by atoms with Crippen LogP contribution in [0.2, 0.25) is 0 Å². The van der Waals surface area contributed by atoms with Gasteiger partial charge in [-0.15, -0.1) is 11.3 Å². The molecule has 1 aliphatic rings. The van der Waals surface area contributed by atoms with E-state index < -0.39 is 5.60 Å². The molecular weight excluding hydrogens is 280 g/mol. The fourth-order valence-corrected chi connectivity index (χ4v) is 3.94. The lowest BCUT2D eigenvalue weighted by atomic mass is 9.85. The van der Waals surface area contributed by atoms with Crippen LogP contribution in [-0.2, 0) is 10.3 Å². The average molecular weight is 292 g/mol. The minimum atomic E-state index is -0.816. The van der Waals surface area contributed by atoms with Gasteiger partial charge in [0.15, 0.2) is 5.60 Å². The van der Waals surface area contributed by atoms with Crippen LogP contribution in [0.25, 0.3) is 0 Å². The number of benzene rings is 2. The molecule has 0 fully saturated rings. The molecule has 0 spiro atoms. The van der Waals surface area contributed by atoms with Crippen molar-refractivity contribution in [1.82, 2.24) is 0 Å². The lowest BCUT2D eigenvalue weighted by Gasteiger charge is -2.29. The average Bonchev–Trinajstić information content (AvgIpc) is 3.13. The van der Waals surface area contributed by atoms with Crippen molar-refractivity contribution in [1.29, 1.82) is 0 Å². The molecule has 0 bridgehead atoms. The Kier molecular flexibility index (Phi) is 2.69. The minimum absolute atomic E-state index is 0.251. The second-order valence-corrected chi connectivity index (χ2v) is 5.88. The van der Waals surface area contributed by atoms with Crippen molar-refractivity contribution >= 4 is 17.3 Å². The standard InChI is InChI=1S/C18H12O2S/c19-17-15-11-12-21-16(15)18(20-17,13-7-3-1-4-8-13)14-9-5-2-6-10-14/h1-12H. The van der Waals surface area contributed by atoms with Gasteiger partial charge in [0.25, 0.3) is 0 Å². The quantitative estimate of drug-likeness (QED) is 0.661. The molecule has 0 saturated carbocycles. The summed E-state index contributed by atoms with van der Waals surface area (Å²) >= 11 is 1.57. The first-order valence-electron chi connectivity index (χ1n) is 6.75. The van der Waals surface area contributed by atoms with Gasteiger partial charge >= 0.3 is 5.97 Å². The molecule has 1 aliphatic heterocycles. The highest BCUT2D eigenvalue weighted by atomic mass is 32.1. The van der Waals surface area contributed by atoms with E-state index in [-0.39, 0.29) is 5.97 Å². The van der Waals surface area contributed by atoms with Gasteiger partial charge in [0, 0.05) is 11.1 Å². The van der Waals surface area contributed by atoms with Gasteiger partial charge < -0.3 is 4.74 Å². The smallest absolute Gasteiger partial charge is 0.341 e. The Morgan fingerprint density at radius 2 is 1.38 bits per heavy atom. The maximum atomic E-state index is 12.3. The van der Waals surface area contributed by atoms with Crippen LogP contribution in [-0.4, -0.2) is 5.97 Å². The zero-order valence-electron chi connectivity index (χ0n) is 11.2. The van der Waals surface area contributed by atoms with Gasteiger partial charge in [0.2, 0.25) is 0 Å². The molecule has 3 heteroatoms. The minimum Gasteiger partial charge on any atom is -0.440 e. The zero-order valence-corrected chi connectivity index (χ0v) is 12.0. The molecule has 3 aromatic rings. The van der Waals surface area contributed by atoms with Gasteiger partial charge in [-0.25, -0.2) is 4.79 Å². The van der Waals surface area contributed by atoms with Gasteiger partial charge in [-0.2, -0.15) is 0 Å². The summed E-state index contributed by atoms with van der Waals surface area (Å²) in [6.07, 6.45) is 0. The first-order chi connectivity index (χ1) is 10.3. The fourth-order valence-electron chi connectivity index (χ4n) is 2.88. The third-order valence-electron chi connectivity index (χ3n) is 3.81. The van der Waals surface area contributed by atoms with Crippen LogP contribution in [0.15, 0.2) is 72.1 Å². The van der Waals surface area contributed by atoms with E-state index in [1.165, 1.54) is 0 Å². The van der Waals surface area contributed by atoms with Crippen molar-refractivity contribution in [3.05, 3.63) is 93.7 Å². The number of carbonyl (C=O) groups excluding carboxylic acids is 1. The molecule has 2 heterocycles. The van der Waals surface area contributed by atoms with E-state index in [0.717, 1.165) is 16.0 Å². The molecule has 0 amide bonds. The number of hydrogen-bond donors (Lipinski definition) is 0. The van der Waals surface area contributed by atoms with Crippen molar-refractivity contribution in [2.24, 2.45) is 0 Å². The van der Waals surface area contributed by atoms with E-state index in [4.69, 9.17) is 4.74 Å². The van der Waals surface area contributed by atoms with E-state index in [9.17, 15) is 4.79 Å². The summed E-state index contributed by atoms with van der Waals surface area (Å²) in [5.41, 5.74) is 1.81. The van der Waals surface area contributed by atoms with Crippen molar-refractivity contribution in [3.63, 3.8) is 0 Å². The summed E-state index contributed by atoms with van der Waals surface area (Å²) in [7, 11) is 0. The maximum Gasteiger partial charge on any atom is 0.341 e. The van der Waals surface area contributed by atoms with Gasteiger partial charge in [-0.05, 0) is 11.4 Å². The normalized spacial score (nSPS) is 15.5. The molecule has 0 atom stereocenters. The predicted molar refractivity (Wildman–Crippen MR) is 82.5 cm³/mol. The molecule has 0 radical (unpaired) electrons. The van der Waals surface area contributed by atoms with E-state index in [1.54, 1.807) is 11.3 Å². The Bertz CT molecular complexity index is 751. The van der Waals surface area contributed by atoms with Crippen LogP contribution in [0.4, 0.5) is 0 Å². The fraction of sp³-hybridized carbons (Fsp3) is 0.0556. The van der Waals surface area contributed by atoms with E-state index in [2.05, 4.69) is 0 Å². The molecule has 0 unspecified atom stereocenters. The van der Waals surface area contributed by atoms with Crippen molar-refractivity contribution in [2.75, 3.05) is 0 Å². The van der Waals surface area contributed by atoms with E-state index >= 15 is 0 Å². The molecule has 102 valence electrons. The maximum absolute atomic E-state index is 12.3. The second-order valence-electron chi connectivity index (χ2n) is 4.97. The number of ether oxygens (including phenoxy) is 1. The predicted octanol–water partition coefficient (Wildman–Crippen LogP) is 4.21. The first kappa shape index (κ1) is 12.4. The third kappa shape index (κ3) is 1.68. The summed E-state index contributed by atoms with van der Waals surface area (Å²) in [4.78, 5) is 13.2.